The Bertz CT molecular complexity index is 905. The second-order valence-corrected chi connectivity index (χ2v) is 7.71. The number of nitrogens with one attached hydrogen (secondary N) is 2. The van der Waals surface area contributed by atoms with E-state index >= 15 is 0 Å². The predicted molar refractivity (Wildman–Crippen MR) is 103 cm³/mol. The largest absolute Gasteiger partial charge is 0.435 e. The minimum absolute atomic E-state index is 0.0177. The van der Waals surface area contributed by atoms with E-state index in [1.165, 1.54) is 43.5 Å². The summed E-state index contributed by atoms with van der Waals surface area (Å²) < 4.78 is 60.2. The van der Waals surface area contributed by atoms with Gasteiger partial charge in [-0.15, -0.1) is 0 Å². The number of alkyl halides is 2. The lowest BCUT2D eigenvalue weighted by Crippen LogP contribution is -2.28. The zero-order valence-electron chi connectivity index (χ0n) is 15.7. The van der Waals surface area contributed by atoms with Crippen LogP contribution in [0.15, 0.2) is 53.4 Å². The Balaban J connectivity index is 1.91. The molecule has 2 aromatic rings. The molecule has 1 amide bonds. The van der Waals surface area contributed by atoms with E-state index in [0.717, 1.165) is 5.56 Å². The molecule has 29 heavy (non-hydrogen) atoms. The summed E-state index contributed by atoms with van der Waals surface area (Å²) in [7, 11) is -2.28. The van der Waals surface area contributed by atoms with E-state index in [0.29, 0.717) is 6.42 Å². The molecule has 10 heteroatoms. The minimum atomic E-state index is -3.74. The molecule has 2 rings (SSSR count). The van der Waals surface area contributed by atoms with Crippen molar-refractivity contribution in [2.24, 2.45) is 0 Å². The van der Waals surface area contributed by atoms with Crippen LogP contribution in [0.3, 0.4) is 0 Å². The number of ether oxygens (including phenoxy) is 2. The number of hydrogen-bond acceptors (Lipinski definition) is 5. The highest BCUT2D eigenvalue weighted by Crippen LogP contribution is 2.15. The van der Waals surface area contributed by atoms with E-state index in [1.807, 2.05) is 0 Å². The number of carbonyl (C=O) groups is 1. The Hall–Kier alpha value is -2.56. The second kappa shape index (κ2) is 10.8. The molecule has 2 aromatic carbocycles. The SMILES string of the molecule is COCCNS(=O)(=O)c1cccc(C(=O)NCCc2ccc(OC(F)F)cc2)c1. The van der Waals surface area contributed by atoms with Gasteiger partial charge >= 0.3 is 6.61 Å². The van der Waals surface area contributed by atoms with Crippen LogP contribution in [0.25, 0.3) is 0 Å². The average Bonchev–Trinajstić information content (AvgIpc) is 2.69. The molecule has 0 atom stereocenters. The summed E-state index contributed by atoms with van der Waals surface area (Å²) in [5.74, 6) is -0.360. The Morgan fingerprint density at radius 3 is 2.48 bits per heavy atom. The molecule has 0 unspecified atom stereocenters. The Morgan fingerprint density at radius 2 is 1.83 bits per heavy atom. The number of carbonyl (C=O) groups excluding carboxylic acids is 1. The van der Waals surface area contributed by atoms with Crippen molar-refractivity contribution in [1.82, 2.24) is 10.0 Å². The van der Waals surface area contributed by atoms with Crippen molar-refractivity contribution in [2.75, 3.05) is 26.8 Å². The maximum Gasteiger partial charge on any atom is 0.387 e. The van der Waals surface area contributed by atoms with E-state index in [4.69, 9.17) is 4.74 Å². The molecular formula is C19H22F2N2O5S. The normalized spacial score (nSPS) is 11.4. The minimum Gasteiger partial charge on any atom is -0.435 e. The monoisotopic (exact) mass is 428 g/mol. The Labute approximate surface area is 168 Å². The molecule has 0 saturated heterocycles. The molecule has 0 heterocycles. The van der Waals surface area contributed by atoms with Gasteiger partial charge in [-0.05, 0) is 42.3 Å². The molecule has 0 bridgehead atoms. The van der Waals surface area contributed by atoms with Crippen molar-refractivity contribution in [1.29, 1.82) is 0 Å². The van der Waals surface area contributed by atoms with Crippen molar-refractivity contribution >= 4 is 15.9 Å². The number of methoxy groups -OCH3 is 1. The van der Waals surface area contributed by atoms with Gasteiger partial charge in [-0.1, -0.05) is 18.2 Å². The highest BCUT2D eigenvalue weighted by Gasteiger charge is 2.15. The highest BCUT2D eigenvalue weighted by molar-refractivity contribution is 7.89. The Kier molecular flexibility index (Phi) is 8.50. The summed E-state index contributed by atoms with van der Waals surface area (Å²) in [4.78, 5) is 12.3. The second-order valence-electron chi connectivity index (χ2n) is 5.95. The average molecular weight is 428 g/mol. The lowest BCUT2D eigenvalue weighted by atomic mass is 10.1. The van der Waals surface area contributed by atoms with Gasteiger partial charge in [-0.3, -0.25) is 4.79 Å². The number of sulfonamides is 1. The molecule has 0 aliphatic rings. The molecule has 0 fully saturated rings. The first kappa shape index (κ1) is 22.7. The zero-order chi connectivity index (χ0) is 21.3. The van der Waals surface area contributed by atoms with Crippen LogP contribution in [0.1, 0.15) is 15.9 Å². The van der Waals surface area contributed by atoms with Crippen LogP contribution in [-0.4, -0.2) is 47.7 Å². The third kappa shape index (κ3) is 7.41. The number of hydrogen-bond donors (Lipinski definition) is 2. The fraction of sp³-hybridized carbons (Fsp3) is 0.316. The number of rotatable bonds is 11. The third-order valence-electron chi connectivity index (χ3n) is 3.85. The first-order valence-electron chi connectivity index (χ1n) is 8.72. The van der Waals surface area contributed by atoms with Crippen LogP contribution in [0.5, 0.6) is 5.75 Å². The molecule has 0 aromatic heterocycles. The smallest absolute Gasteiger partial charge is 0.387 e. The van der Waals surface area contributed by atoms with Crippen molar-refractivity contribution < 1.29 is 31.5 Å². The number of halogens is 2. The van der Waals surface area contributed by atoms with Crippen LogP contribution in [0.4, 0.5) is 8.78 Å². The summed E-state index contributed by atoms with van der Waals surface area (Å²) >= 11 is 0. The van der Waals surface area contributed by atoms with Gasteiger partial charge in [0.1, 0.15) is 5.75 Å². The van der Waals surface area contributed by atoms with Crippen molar-refractivity contribution in [2.45, 2.75) is 17.9 Å². The van der Waals surface area contributed by atoms with Crippen molar-refractivity contribution in [3.63, 3.8) is 0 Å². The van der Waals surface area contributed by atoms with Crippen LogP contribution in [0, 0.1) is 0 Å². The van der Waals surface area contributed by atoms with E-state index in [9.17, 15) is 22.0 Å². The van der Waals surface area contributed by atoms with Gasteiger partial charge in [0.2, 0.25) is 10.0 Å². The van der Waals surface area contributed by atoms with E-state index < -0.39 is 22.5 Å². The fourth-order valence-electron chi connectivity index (χ4n) is 2.43. The topological polar surface area (TPSA) is 93.7 Å². The summed E-state index contributed by atoms with van der Waals surface area (Å²) in [6.07, 6.45) is 0.470. The number of amides is 1. The summed E-state index contributed by atoms with van der Waals surface area (Å²) in [6, 6.07) is 11.8. The van der Waals surface area contributed by atoms with Crippen LogP contribution >= 0.6 is 0 Å². The first-order valence-corrected chi connectivity index (χ1v) is 10.2. The maximum absolute atomic E-state index is 12.3. The quantitative estimate of drug-likeness (QED) is 0.535. The Morgan fingerprint density at radius 1 is 1.10 bits per heavy atom. The van der Waals surface area contributed by atoms with Gasteiger partial charge in [-0.25, -0.2) is 13.1 Å². The van der Waals surface area contributed by atoms with E-state index in [1.54, 1.807) is 12.1 Å². The van der Waals surface area contributed by atoms with Gasteiger partial charge in [0, 0.05) is 25.8 Å². The molecule has 2 N–H and O–H groups in total. The zero-order valence-corrected chi connectivity index (χ0v) is 16.5. The van der Waals surface area contributed by atoms with Gasteiger partial charge in [0.25, 0.3) is 5.91 Å². The molecule has 158 valence electrons. The standard InChI is InChI=1S/C19H22F2N2O5S/c1-27-12-11-23-29(25,26)17-4-2-3-15(13-17)18(24)22-10-9-14-5-7-16(8-6-14)28-19(20)21/h2-8,13,19,23H,9-12H2,1H3,(H,22,24). The van der Waals surface area contributed by atoms with E-state index in [-0.39, 0.29) is 35.9 Å². The summed E-state index contributed by atoms with van der Waals surface area (Å²) in [5, 5.41) is 2.70. The summed E-state index contributed by atoms with van der Waals surface area (Å²) in [5.41, 5.74) is 1.03. The molecule has 0 radical (unpaired) electrons. The van der Waals surface area contributed by atoms with Gasteiger partial charge < -0.3 is 14.8 Å². The predicted octanol–water partition coefficient (Wildman–Crippen LogP) is 2.19. The van der Waals surface area contributed by atoms with Gasteiger partial charge in [0.05, 0.1) is 11.5 Å². The lowest BCUT2D eigenvalue weighted by molar-refractivity contribution is -0.0498. The fourth-order valence-corrected chi connectivity index (χ4v) is 3.48. The van der Waals surface area contributed by atoms with Crippen LogP contribution < -0.4 is 14.8 Å². The lowest BCUT2D eigenvalue weighted by Gasteiger charge is -2.09. The summed E-state index contributed by atoms with van der Waals surface area (Å²) in [6.45, 7) is -2.24. The van der Waals surface area contributed by atoms with Crippen molar-refractivity contribution in [3.8, 4) is 5.75 Å². The molecule has 0 spiro atoms. The van der Waals surface area contributed by atoms with Gasteiger partial charge in [0.15, 0.2) is 0 Å². The molecule has 0 saturated carbocycles. The highest BCUT2D eigenvalue weighted by atomic mass is 32.2. The van der Waals surface area contributed by atoms with Crippen LogP contribution in [-0.2, 0) is 21.2 Å². The van der Waals surface area contributed by atoms with Gasteiger partial charge in [-0.2, -0.15) is 8.78 Å². The molecule has 0 aliphatic carbocycles. The van der Waals surface area contributed by atoms with Crippen molar-refractivity contribution in [3.05, 3.63) is 59.7 Å². The number of benzene rings is 2. The third-order valence-corrected chi connectivity index (χ3v) is 5.31. The maximum atomic E-state index is 12.3. The van der Waals surface area contributed by atoms with Crippen LogP contribution in [0.2, 0.25) is 0 Å². The molecule has 0 aliphatic heterocycles. The first-order chi connectivity index (χ1) is 13.8. The molecular weight excluding hydrogens is 406 g/mol. The van der Waals surface area contributed by atoms with E-state index in [2.05, 4.69) is 14.8 Å². The molecule has 7 nitrogen and oxygen atoms in total.